The molecule has 2 fully saturated rings. The first kappa shape index (κ1) is 12.7. The topological polar surface area (TPSA) is 21.3 Å². The minimum atomic E-state index is 0.443. The maximum atomic E-state index is 6.03. The van der Waals surface area contributed by atoms with Crippen molar-refractivity contribution < 1.29 is 4.74 Å². The molecule has 1 saturated carbocycles. The number of rotatable bonds is 7. The summed E-state index contributed by atoms with van der Waals surface area (Å²) in [6, 6.07) is 0. The van der Waals surface area contributed by atoms with E-state index in [2.05, 4.69) is 31.1 Å². The van der Waals surface area contributed by atoms with Gasteiger partial charge in [-0.3, -0.25) is 0 Å². The lowest BCUT2D eigenvalue weighted by Crippen LogP contribution is -2.41. The summed E-state index contributed by atoms with van der Waals surface area (Å²) in [5, 5.41) is 3.40. The average molecular weight is 243 g/mol. The molecule has 2 atom stereocenters. The Morgan fingerprint density at radius 2 is 2.25 bits per heavy atom. The molecule has 94 valence electrons. The molecule has 2 unspecified atom stereocenters. The number of nitrogens with one attached hydrogen (secondary N) is 1. The summed E-state index contributed by atoms with van der Waals surface area (Å²) in [5.41, 5.74) is 0.443. The molecular weight excluding hydrogens is 218 g/mol. The molecule has 0 aromatic heterocycles. The van der Waals surface area contributed by atoms with Crippen LogP contribution in [0.4, 0.5) is 0 Å². The number of hydrogen-bond donors (Lipinski definition) is 1. The van der Waals surface area contributed by atoms with Gasteiger partial charge in [0.05, 0.1) is 6.10 Å². The Kier molecular flexibility index (Phi) is 4.57. The average Bonchev–Trinajstić information content (AvgIpc) is 3.03. The van der Waals surface area contributed by atoms with Crippen LogP contribution >= 0.6 is 11.8 Å². The van der Waals surface area contributed by atoms with Crippen LogP contribution < -0.4 is 5.32 Å². The minimum absolute atomic E-state index is 0.443. The smallest absolute Gasteiger partial charge is 0.0672 e. The van der Waals surface area contributed by atoms with Crippen LogP contribution in [0.3, 0.4) is 0 Å². The van der Waals surface area contributed by atoms with Gasteiger partial charge in [0.2, 0.25) is 0 Å². The Balaban J connectivity index is 1.94. The van der Waals surface area contributed by atoms with Crippen LogP contribution in [0.2, 0.25) is 0 Å². The highest BCUT2D eigenvalue weighted by atomic mass is 32.2. The Morgan fingerprint density at radius 3 is 2.88 bits per heavy atom. The molecule has 16 heavy (non-hydrogen) atoms. The summed E-state index contributed by atoms with van der Waals surface area (Å²) < 4.78 is 6.03. The molecular formula is C13H25NOS. The predicted octanol–water partition coefficient (Wildman–Crippen LogP) is 2.53. The zero-order chi connectivity index (χ0) is 11.4. The van der Waals surface area contributed by atoms with Gasteiger partial charge in [0.15, 0.2) is 0 Å². The molecule has 2 aliphatic rings. The van der Waals surface area contributed by atoms with E-state index >= 15 is 0 Å². The molecule has 1 heterocycles. The van der Waals surface area contributed by atoms with Gasteiger partial charge >= 0.3 is 0 Å². The Hall–Kier alpha value is 0.270. The zero-order valence-corrected chi connectivity index (χ0v) is 11.4. The fraction of sp³-hybridized carbons (Fsp3) is 1.00. The quantitative estimate of drug-likeness (QED) is 0.694. The fourth-order valence-corrected chi connectivity index (χ4v) is 3.90. The van der Waals surface area contributed by atoms with Gasteiger partial charge in [0.1, 0.15) is 0 Å². The Labute approximate surface area is 104 Å². The van der Waals surface area contributed by atoms with Crippen molar-refractivity contribution in [2.75, 3.05) is 31.7 Å². The second-order valence-electron chi connectivity index (χ2n) is 5.22. The second-order valence-corrected chi connectivity index (χ2v) is 6.61. The Bertz CT molecular complexity index is 220. The highest BCUT2D eigenvalue weighted by Gasteiger charge is 2.49. The summed E-state index contributed by atoms with van der Waals surface area (Å²) in [7, 11) is 2.08. The lowest BCUT2D eigenvalue weighted by molar-refractivity contribution is 0.0301. The number of hydrogen-bond acceptors (Lipinski definition) is 3. The maximum Gasteiger partial charge on any atom is 0.0672 e. The summed E-state index contributed by atoms with van der Waals surface area (Å²) in [4.78, 5) is 0. The van der Waals surface area contributed by atoms with E-state index in [1.54, 1.807) is 0 Å². The molecule has 0 aromatic carbocycles. The van der Waals surface area contributed by atoms with Gasteiger partial charge in [0, 0.05) is 18.6 Å². The fourth-order valence-electron chi connectivity index (χ4n) is 3.06. The van der Waals surface area contributed by atoms with Gasteiger partial charge < -0.3 is 10.1 Å². The van der Waals surface area contributed by atoms with Gasteiger partial charge in [-0.1, -0.05) is 6.92 Å². The normalized spacial score (nSPS) is 34.5. The van der Waals surface area contributed by atoms with E-state index in [9.17, 15) is 0 Å². The SMILES string of the molecule is CCSCCC1(CNC)CCOC1C1CC1. The van der Waals surface area contributed by atoms with Crippen molar-refractivity contribution in [3.8, 4) is 0 Å². The van der Waals surface area contributed by atoms with Gasteiger partial charge in [-0.2, -0.15) is 11.8 Å². The first-order valence-electron chi connectivity index (χ1n) is 6.66. The molecule has 1 N–H and O–H groups in total. The van der Waals surface area contributed by atoms with E-state index in [1.807, 2.05) is 0 Å². The van der Waals surface area contributed by atoms with Crippen molar-refractivity contribution in [2.24, 2.45) is 11.3 Å². The van der Waals surface area contributed by atoms with Crippen molar-refractivity contribution in [3.63, 3.8) is 0 Å². The van der Waals surface area contributed by atoms with Gasteiger partial charge in [-0.15, -0.1) is 0 Å². The highest BCUT2D eigenvalue weighted by molar-refractivity contribution is 7.99. The first-order chi connectivity index (χ1) is 7.82. The molecule has 2 nitrogen and oxygen atoms in total. The third-order valence-corrected chi connectivity index (χ3v) is 4.93. The summed E-state index contributed by atoms with van der Waals surface area (Å²) in [5.74, 6) is 3.41. The van der Waals surface area contributed by atoms with Crippen molar-refractivity contribution in [2.45, 2.75) is 38.7 Å². The molecule has 0 aromatic rings. The largest absolute Gasteiger partial charge is 0.377 e. The standard InChI is InChI=1S/C13H25NOS/c1-3-16-9-7-13(10-14-2)6-8-15-12(13)11-4-5-11/h11-12,14H,3-10H2,1-2H3. The van der Waals surface area contributed by atoms with Crippen LogP contribution in [-0.2, 0) is 4.74 Å². The zero-order valence-electron chi connectivity index (χ0n) is 10.6. The van der Waals surface area contributed by atoms with Crippen molar-refractivity contribution in [3.05, 3.63) is 0 Å². The summed E-state index contributed by atoms with van der Waals surface area (Å²) in [6.45, 7) is 4.37. The van der Waals surface area contributed by atoms with E-state index in [1.165, 1.54) is 37.2 Å². The monoisotopic (exact) mass is 243 g/mol. The van der Waals surface area contributed by atoms with Crippen LogP contribution in [-0.4, -0.2) is 37.8 Å². The van der Waals surface area contributed by atoms with Crippen LogP contribution in [0.5, 0.6) is 0 Å². The summed E-state index contributed by atoms with van der Waals surface area (Å²) >= 11 is 2.07. The lowest BCUT2D eigenvalue weighted by atomic mass is 9.76. The molecule has 2 rings (SSSR count). The van der Waals surface area contributed by atoms with Crippen LogP contribution in [0.1, 0.15) is 32.6 Å². The van der Waals surface area contributed by atoms with E-state index in [0.29, 0.717) is 11.5 Å². The van der Waals surface area contributed by atoms with Crippen molar-refractivity contribution in [1.82, 2.24) is 5.32 Å². The first-order valence-corrected chi connectivity index (χ1v) is 7.82. The molecule has 0 bridgehead atoms. The van der Waals surface area contributed by atoms with Crippen LogP contribution in [0, 0.1) is 11.3 Å². The van der Waals surface area contributed by atoms with E-state index in [-0.39, 0.29) is 0 Å². The molecule has 0 radical (unpaired) electrons. The molecule has 0 spiro atoms. The van der Waals surface area contributed by atoms with E-state index in [0.717, 1.165) is 19.1 Å². The predicted molar refractivity (Wildman–Crippen MR) is 71.1 cm³/mol. The minimum Gasteiger partial charge on any atom is -0.377 e. The Morgan fingerprint density at radius 1 is 1.44 bits per heavy atom. The van der Waals surface area contributed by atoms with Crippen LogP contribution in [0.15, 0.2) is 0 Å². The van der Waals surface area contributed by atoms with E-state index < -0.39 is 0 Å². The number of thioether (sulfide) groups is 1. The molecule has 1 saturated heterocycles. The van der Waals surface area contributed by atoms with Gasteiger partial charge in [0.25, 0.3) is 0 Å². The van der Waals surface area contributed by atoms with Crippen molar-refractivity contribution >= 4 is 11.8 Å². The summed E-state index contributed by atoms with van der Waals surface area (Å²) in [6.07, 6.45) is 5.94. The van der Waals surface area contributed by atoms with Gasteiger partial charge in [-0.25, -0.2) is 0 Å². The molecule has 3 heteroatoms. The van der Waals surface area contributed by atoms with E-state index in [4.69, 9.17) is 4.74 Å². The van der Waals surface area contributed by atoms with Gasteiger partial charge in [-0.05, 0) is 50.2 Å². The van der Waals surface area contributed by atoms with Crippen molar-refractivity contribution in [1.29, 1.82) is 0 Å². The van der Waals surface area contributed by atoms with Crippen LogP contribution in [0.25, 0.3) is 0 Å². The molecule has 0 amide bonds. The third-order valence-electron chi connectivity index (χ3n) is 4.03. The highest BCUT2D eigenvalue weighted by Crippen LogP contribution is 2.49. The maximum absolute atomic E-state index is 6.03. The molecule has 1 aliphatic heterocycles. The second kappa shape index (κ2) is 5.74. The number of ether oxygens (including phenoxy) is 1. The lowest BCUT2D eigenvalue weighted by Gasteiger charge is -2.34. The third kappa shape index (κ3) is 2.74. The molecule has 1 aliphatic carbocycles.